The molecule has 1 aromatic carbocycles. The maximum absolute atomic E-state index is 14.5. The van der Waals surface area contributed by atoms with Crippen LogP contribution in [-0.2, 0) is 6.54 Å². The van der Waals surface area contributed by atoms with E-state index in [0.717, 1.165) is 10.7 Å². The Morgan fingerprint density at radius 1 is 1.08 bits per heavy atom. The van der Waals surface area contributed by atoms with Crippen molar-refractivity contribution >= 4 is 28.6 Å². The molecule has 2 amide bonds. The lowest BCUT2D eigenvalue weighted by atomic mass is 9.59. The highest BCUT2D eigenvalue weighted by Crippen LogP contribution is 2.53. The maximum atomic E-state index is 14.5. The number of benzene rings is 1. The number of halogens is 2. The Hall–Kier alpha value is -4.09. The Balaban J connectivity index is 1.20. The number of nitrogens with one attached hydrogen (secondary N) is 3. The van der Waals surface area contributed by atoms with Crippen LogP contribution in [0, 0.1) is 11.2 Å². The number of carbonyl (C=O) groups is 2. The van der Waals surface area contributed by atoms with Gasteiger partial charge in [0.1, 0.15) is 17.1 Å². The van der Waals surface area contributed by atoms with Gasteiger partial charge in [-0.3, -0.25) is 14.6 Å². The predicted octanol–water partition coefficient (Wildman–Crippen LogP) is 3.03. The number of hydrogen-bond donors (Lipinski definition) is 3. The summed E-state index contributed by atoms with van der Waals surface area (Å²) in [5.74, 6) is -2.48. The van der Waals surface area contributed by atoms with Crippen LogP contribution >= 0.6 is 0 Å². The molecule has 3 saturated carbocycles. The van der Waals surface area contributed by atoms with Crippen molar-refractivity contribution in [1.82, 2.24) is 30.2 Å². The van der Waals surface area contributed by atoms with Crippen LogP contribution in [-0.4, -0.2) is 43.6 Å². The van der Waals surface area contributed by atoms with Gasteiger partial charge in [-0.1, -0.05) is 6.07 Å². The van der Waals surface area contributed by atoms with E-state index in [1.807, 2.05) is 0 Å². The second-order valence-electron chi connectivity index (χ2n) is 10.1. The van der Waals surface area contributed by atoms with E-state index in [-0.39, 0.29) is 29.0 Å². The van der Waals surface area contributed by atoms with Gasteiger partial charge in [0.25, 0.3) is 11.8 Å². The van der Waals surface area contributed by atoms with Crippen molar-refractivity contribution < 1.29 is 22.8 Å². The third-order valence-corrected chi connectivity index (χ3v) is 7.76. The minimum Gasteiger partial charge on any atom is -0.408 e. The van der Waals surface area contributed by atoms with E-state index >= 15 is 0 Å². The van der Waals surface area contributed by atoms with Gasteiger partial charge in [0.2, 0.25) is 0 Å². The van der Waals surface area contributed by atoms with Crippen molar-refractivity contribution in [2.24, 2.45) is 5.41 Å². The van der Waals surface area contributed by atoms with Crippen LogP contribution in [0.25, 0.3) is 16.7 Å². The monoisotopic (exact) mass is 510 g/mol. The second-order valence-corrected chi connectivity index (χ2v) is 10.1. The zero-order chi connectivity index (χ0) is 25.8. The molecule has 3 fully saturated rings. The lowest BCUT2D eigenvalue weighted by molar-refractivity contribution is -0.0327. The van der Waals surface area contributed by atoms with Crippen LogP contribution in [0.2, 0.25) is 0 Å². The minimum atomic E-state index is -1.07. The SMILES string of the molecule is O=C(NCc1ccc2oc(=O)[nH]c2c1)c1cc(C(=O)NCC23CCC(F)(CC2)CC3)n2ncc(F)c2n1. The minimum absolute atomic E-state index is 0.0284. The third kappa shape index (κ3) is 4.25. The Morgan fingerprint density at radius 2 is 1.84 bits per heavy atom. The van der Waals surface area contributed by atoms with Crippen LogP contribution in [0.5, 0.6) is 0 Å². The van der Waals surface area contributed by atoms with Crippen LogP contribution < -0.4 is 16.4 Å². The normalized spacial score (nSPS) is 23.0. The smallest absolute Gasteiger partial charge is 0.408 e. The standard InChI is InChI=1S/C25H24F2N6O4/c26-15-12-30-33-18(22(35)29-13-24-3-6-25(27,7-4-24)8-5-24)10-17(31-20(15)33)21(34)28-11-14-1-2-19-16(9-14)32-23(36)37-19/h1-2,9-10,12H,3-8,11,13H2,(H,28,34)(H,29,35)(H,32,36). The first kappa shape index (κ1) is 23.3. The third-order valence-electron chi connectivity index (χ3n) is 7.76. The van der Waals surface area contributed by atoms with Gasteiger partial charge in [-0.25, -0.2) is 23.1 Å². The molecular formula is C25H24F2N6O4. The van der Waals surface area contributed by atoms with Crippen LogP contribution in [0.1, 0.15) is 65.1 Å². The molecule has 3 aliphatic rings. The average Bonchev–Trinajstić information content (AvgIpc) is 3.47. The quantitative estimate of drug-likeness (QED) is 0.365. The molecule has 7 rings (SSSR count). The first-order valence-corrected chi connectivity index (χ1v) is 12.1. The summed E-state index contributed by atoms with van der Waals surface area (Å²) >= 11 is 0. The van der Waals surface area contributed by atoms with E-state index in [9.17, 15) is 23.2 Å². The van der Waals surface area contributed by atoms with Gasteiger partial charge in [0, 0.05) is 19.2 Å². The lowest BCUT2D eigenvalue weighted by Crippen LogP contribution is -2.48. The molecule has 3 aromatic heterocycles. The molecule has 2 bridgehead atoms. The van der Waals surface area contributed by atoms with E-state index in [1.165, 1.54) is 6.07 Å². The first-order valence-electron chi connectivity index (χ1n) is 12.1. The van der Waals surface area contributed by atoms with E-state index < -0.39 is 29.1 Å². The van der Waals surface area contributed by atoms with Gasteiger partial charge in [0.15, 0.2) is 17.0 Å². The number of alkyl halides is 1. The van der Waals surface area contributed by atoms with Crippen molar-refractivity contribution in [1.29, 1.82) is 0 Å². The Labute approximate surface area is 208 Å². The molecule has 12 heteroatoms. The summed E-state index contributed by atoms with van der Waals surface area (Å²) in [4.78, 5) is 44.0. The zero-order valence-electron chi connectivity index (χ0n) is 19.8. The van der Waals surface area contributed by atoms with Gasteiger partial charge in [-0.05, 0) is 61.6 Å². The molecule has 37 heavy (non-hydrogen) atoms. The maximum Gasteiger partial charge on any atom is 0.417 e. The molecule has 0 unspecified atom stereocenters. The van der Waals surface area contributed by atoms with Crippen molar-refractivity contribution in [3.05, 3.63) is 63.8 Å². The number of oxazole rings is 1. The summed E-state index contributed by atoms with van der Waals surface area (Å²) in [5, 5.41) is 9.51. The van der Waals surface area contributed by atoms with Gasteiger partial charge in [-0.2, -0.15) is 5.10 Å². The Morgan fingerprint density at radius 3 is 2.59 bits per heavy atom. The molecule has 192 valence electrons. The Kier molecular flexibility index (Phi) is 5.35. The molecular weight excluding hydrogens is 486 g/mol. The summed E-state index contributed by atoms with van der Waals surface area (Å²) in [6.45, 7) is 0.465. The zero-order valence-corrected chi connectivity index (χ0v) is 19.8. The fraction of sp³-hybridized carbons (Fsp3) is 0.400. The number of aromatic amines is 1. The molecule has 4 aromatic rings. The summed E-state index contributed by atoms with van der Waals surface area (Å²) < 4.78 is 34.9. The molecule has 0 spiro atoms. The lowest BCUT2D eigenvalue weighted by Gasteiger charge is -2.49. The van der Waals surface area contributed by atoms with Gasteiger partial charge < -0.3 is 15.1 Å². The number of nitrogens with zero attached hydrogens (tertiary/aromatic N) is 3. The highest BCUT2D eigenvalue weighted by atomic mass is 19.1. The fourth-order valence-corrected chi connectivity index (χ4v) is 5.44. The summed E-state index contributed by atoms with van der Waals surface area (Å²) in [6.07, 6.45) is 4.56. The number of rotatable bonds is 6. The van der Waals surface area contributed by atoms with Crippen molar-refractivity contribution in [3.8, 4) is 0 Å². The summed E-state index contributed by atoms with van der Waals surface area (Å²) in [7, 11) is 0. The van der Waals surface area contributed by atoms with Crippen molar-refractivity contribution in [2.75, 3.05) is 6.54 Å². The number of fused-ring (bicyclic) bond motifs is 5. The molecule has 0 saturated heterocycles. The van der Waals surface area contributed by atoms with E-state index in [4.69, 9.17) is 4.42 Å². The molecule has 3 aliphatic carbocycles. The molecule has 0 radical (unpaired) electrons. The highest BCUT2D eigenvalue weighted by Gasteiger charge is 2.49. The topological polar surface area (TPSA) is 134 Å². The Bertz CT molecular complexity index is 1580. The second kappa shape index (κ2) is 8.49. The molecule has 3 N–H and O–H groups in total. The van der Waals surface area contributed by atoms with Gasteiger partial charge in [-0.15, -0.1) is 0 Å². The highest BCUT2D eigenvalue weighted by molar-refractivity contribution is 5.98. The number of carbonyl (C=O) groups excluding carboxylic acids is 2. The van der Waals surface area contributed by atoms with Crippen molar-refractivity contribution in [2.45, 2.75) is 50.7 Å². The first-order chi connectivity index (χ1) is 17.7. The van der Waals surface area contributed by atoms with Gasteiger partial charge >= 0.3 is 5.76 Å². The molecule has 0 atom stereocenters. The average molecular weight is 511 g/mol. The molecule has 3 heterocycles. The molecule has 10 nitrogen and oxygen atoms in total. The molecule has 0 aliphatic heterocycles. The van der Waals surface area contributed by atoms with Crippen LogP contribution in [0.4, 0.5) is 8.78 Å². The number of amides is 2. The summed E-state index contributed by atoms with van der Waals surface area (Å²) in [5.41, 5.74) is -0.0710. The summed E-state index contributed by atoms with van der Waals surface area (Å²) in [6, 6.07) is 6.23. The number of aromatic nitrogens is 4. The fourth-order valence-electron chi connectivity index (χ4n) is 5.44. The van der Waals surface area contributed by atoms with Crippen LogP contribution in [0.3, 0.4) is 0 Å². The number of hydrogen-bond acceptors (Lipinski definition) is 6. The number of H-pyrrole nitrogens is 1. The van der Waals surface area contributed by atoms with Gasteiger partial charge in [0.05, 0.1) is 11.7 Å². The largest absolute Gasteiger partial charge is 0.417 e. The van der Waals surface area contributed by atoms with E-state index in [1.54, 1.807) is 18.2 Å². The van der Waals surface area contributed by atoms with E-state index in [2.05, 4.69) is 25.7 Å². The van der Waals surface area contributed by atoms with Crippen molar-refractivity contribution in [3.63, 3.8) is 0 Å². The van der Waals surface area contributed by atoms with E-state index in [0.29, 0.717) is 61.7 Å². The van der Waals surface area contributed by atoms with Crippen LogP contribution in [0.15, 0.2) is 39.7 Å². The predicted molar refractivity (Wildman–Crippen MR) is 127 cm³/mol.